The van der Waals surface area contributed by atoms with Crippen molar-refractivity contribution in [2.24, 2.45) is 5.92 Å². The van der Waals surface area contributed by atoms with E-state index in [0.717, 1.165) is 25.9 Å². The minimum absolute atomic E-state index is 0.0474. The van der Waals surface area contributed by atoms with Crippen molar-refractivity contribution >= 4 is 11.6 Å². The number of terminal acetylenes is 1. The van der Waals surface area contributed by atoms with E-state index < -0.39 is 5.82 Å². The molecule has 1 aliphatic heterocycles. The van der Waals surface area contributed by atoms with Crippen molar-refractivity contribution in [1.29, 1.82) is 0 Å². The van der Waals surface area contributed by atoms with Crippen molar-refractivity contribution in [1.82, 2.24) is 4.90 Å². The van der Waals surface area contributed by atoms with E-state index >= 15 is 0 Å². The van der Waals surface area contributed by atoms with Gasteiger partial charge in [0.1, 0.15) is 11.6 Å². The molecular weight excluding hydrogens is 271 g/mol. The molecule has 0 aliphatic carbocycles. The second kappa shape index (κ2) is 7.09. The zero-order valence-electron chi connectivity index (χ0n) is 12.1. The van der Waals surface area contributed by atoms with Crippen LogP contribution in [0.5, 0.6) is 5.75 Å². The summed E-state index contributed by atoms with van der Waals surface area (Å²) in [7, 11) is 1.45. The molecule has 0 unspecified atom stereocenters. The van der Waals surface area contributed by atoms with Gasteiger partial charge in [-0.05, 0) is 38.1 Å². The van der Waals surface area contributed by atoms with Gasteiger partial charge in [0.05, 0.1) is 19.3 Å². The summed E-state index contributed by atoms with van der Waals surface area (Å²) in [6.07, 6.45) is 6.83. The molecule has 0 aromatic heterocycles. The quantitative estimate of drug-likeness (QED) is 0.864. The molecule has 2 rings (SSSR count). The number of nitrogens with zero attached hydrogens (tertiary/aromatic N) is 1. The lowest BCUT2D eigenvalue weighted by Gasteiger charge is -2.29. The van der Waals surface area contributed by atoms with E-state index in [0.29, 0.717) is 18.0 Å². The van der Waals surface area contributed by atoms with Crippen molar-refractivity contribution in [2.75, 3.05) is 32.1 Å². The van der Waals surface area contributed by atoms with Gasteiger partial charge in [-0.1, -0.05) is 5.92 Å². The van der Waals surface area contributed by atoms with Crippen LogP contribution < -0.4 is 10.1 Å². The fourth-order valence-corrected chi connectivity index (χ4v) is 2.49. The Hall–Kier alpha value is -2.06. The van der Waals surface area contributed by atoms with Crippen LogP contribution in [0.15, 0.2) is 18.2 Å². The molecule has 4 nitrogen and oxygen atoms in total. The van der Waals surface area contributed by atoms with E-state index in [2.05, 4.69) is 16.1 Å². The van der Waals surface area contributed by atoms with Crippen LogP contribution in [-0.4, -0.2) is 37.6 Å². The zero-order valence-corrected chi connectivity index (χ0v) is 12.1. The summed E-state index contributed by atoms with van der Waals surface area (Å²) in [5.74, 6) is 2.44. The van der Waals surface area contributed by atoms with Crippen LogP contribution in [0.3, 0.4) is 0 Å². The van der Waals surface area contributed by atoms with E-state index in [-0.39, 0.29) is 11.8 Å². The molecule has 0 bridgehead atoms. The maximum absolute atomic E-state index is 13.1. The summed E-state index contributed by atoms with van der Waals surface area (Å²) in [6, 6.07) is 4.07. The number of nitrogens with one attached hydrogen (secondary N) is 1. The molecule has 5 heteroatoms. The maximum atomic E-state index is 13.1. The topological polar surface area (TPSA) is 41.6 Å². The van der Waals surface area contributed by atoms with Crippen LogP contribution in [0.1, 0.15) is 12.8 Å². The lowest BCUT2D eigenvalue weighted by atomic mass is 9.96. The molecule has 0 spiro atoms. The number of anilines is 1. The number of hydrogen-bond donors (Lipinski definition) is 1. The summed E-state index contributed by atoms with van der Waals surface area (Å²) in [6.45, 7) is 2.27. The van der Waals surface area contributed by atoms with Crippen LogP contribution in [0.25, 0.3) is 0 Å². The first-order valence-electron chi connectivity index (χ1n) is 6.94. The Bertz CT molecular complexity index is 546. The molecule has 1 aromatic carbocycles. The first kappa shape index (κ1) is 15.3. The van der Waals surface area contributed by atoms with Gasteiger partial charge in [-0.3, -0.25) is 9.69 Å². The summed E-state index contributed by atoms with van der Waals surface area (Å²) in [5, 5.41) is 2.82. The van der Waals surface area contributed by atoms with Crippen LogP contribution in [0, 0.1) is 24.1 Å². The molecule has 112 valence electrons. The average molecular weight is 290 g/mol. The van der Waals surface area contributed by atoms with Crippen LogP contribution >= 0.6 is 0 Å². The molecular formula is C16H19FN2O2. The monoisotopic (exact) mass is 290 g/mol. The minimum atomic E-state index is -0.396. The number of halogens is 1. The number of rotatable bonds is 4. The Morgan fingerprint density at radius 2 is 2.24 bits per heavy atom. The van der Waals surface area contributed by atoms with Crippen LogP contribution in [-0.2, 0) is 4.79 Å². The third-order valence-electron chi connectivity index (χ3n) is 3.69. The molecule has 1 amide bonds. The molecule has 1 aromatic rings. The molecule has 1 aliphatic rings. The molecule has 0 atom stereocenters. The highest BCUT2D eigenvalue weighted by atomic mass is 19.1. The van der Waals surface area contributed by atoms with Gasteiger partial charge in [0.15, 0.2) is 0 Å². The van der Waals surface area contributed by atoms with Gasteiger partial charge in [0.25, 0.3) is 0 Å². The number of carbonyl (C=O) groups is 1. The number of carbonyl (C=O) groups excluding carboxylic acids is 1. The smallest absolute Gasteiger partial charge is 0.227 e. The van der Waals surface area contributed by atoms with Gasteiger partial charge < -0.3 is 10.1 Å². The van der Waals surface area contributed by atoms with E-state index in [1.165, 1.54) is 25.3 Å². The van der Waals surface area contributed by atoms with Gasteiger partial charge in [0, 0.05) is 12.0 Å². The number of hydrogen-bond acceptors (Lipinski definition) is 3. The average Bonchev–Trinajstić information content (AvgIpc) is 2.50. The molecule has 0 saturated carbocycles. The highest BCUT2D eigenvalue weighted by molar-refractivity contribution is 5.94. The van der Waals surface area contributed by atoms with Crippen molar-refractivity contribution in [3.8, 4) is 18.1 Å². The second-order valence-electron chi connectivity index (χ2n) is 5.09. The van der Waals surface area contributed by atoms with Crippen molar-refractivity contribution in [3.63, 3.8) is 0 Å². The lowest BCUT2D eigenvalue weighted by Crippen LogP contribution is -2.38. The molecule has 0 radical (unpaired) electrons. The van der Waals surface area contributed by atoms with Crippen molar-refractivity contribution < 1.29 is 13.9 Å². The lowest BCUT2D eigenvalue weighted by molar-refractivity contribution is -0.121. The van der Waals surface area contributed by atoms with E-state index in [1.54, 1.807) is 0 Å². The normalized spacial score (nSPS) is 16.2. The summed E-state index contributed by atoms with van der Waals surface area (Å²) in [4.78, 5) is 14.4. The number of amides is 1. The second-order valence-corrected chi connectivity index (χ2v) is 5.09. The number of benzene rings is 1. The van der Waals surface area contributed by atoms with Crippen molar-refractivity contribution in [2.45, 2.75) is 12.8 Å². The van der Waals surface area contributed by atoms with E-state index in [1.807, 2.05) is 0 Å². The summed E-state index contributed by atoms with van der Waals surface area (Å²) in [5.41, 5.74) is 0.495. The third kappa shape index (κ3) is 3.96. The number of piperidine rings is 1. The SMILES string of the molecule is C#CCN1CCC(C(=O)Nc2ccc(F)cc2OC)CC1. The van der Waals surface area contributed by atoms with Crippen molar-refractivity contribution in [3.05, 3.63) is 24.0 Å². The standard InChI is InChI=1S/C16H19FN2O2/c1-3-8-19-9-6-12(7-10-19)16(20)18-14-5-4-13(17)11-15(14)21-2/h1,4-5,11-12H,6-10H2,2H3,(H,18,20). The molecule has 1 heterocycles. The van der Waals surface area contributed by atoms with Gasteiger partial charge >= 0.3 is 0 Å². The van der Waals surface area contributed by atoms with Gasteiger partial charge in [-0.25, -0.2) is 4.39 Å². The first-order chi connectivity index (χ1) is 10.1. The highest BCUT2D eigenvalue weighted by Crippen LogP contribution is 2.27. The Balaban J connectivity index is 1.95. The summed E-state index contributed by atoms with van der Waals surface area (Å²) >= 11 is 0. The number of likely N-dealkylation sites (tertiary alicyclic amines) is 1. The largest absolute Gasteiger partial charge is 0.494 e. The van der Waals surface area contributed by atoms with E-state index in [4.69, 9.17) is 11.2 Å². The minimum Gasteiger partial charge on any atom is -0.494 e. The highest BCUT2D eigenvalue weighted by Gasteiger charge is 2.25. The zero-order chi connectivity index (χ0) is 15.2. The van der Waals surface area contributed by atoms with Crippen LogP contribution in [0.4, 0.5) is 10.1 Å². The number of methoxy groups -OCH3 is 1. The first-order valence-corrected chi connectivity index (χ1v) is 6.94. The maximum Gasteiger partial charge on any atom is 0.227 e. The predicted molar refractivity (Wildman–Crippen MR) is 79.6 cm³/mol. The Morgan fingerprint density at radius 1 is 1.52 bits per heavy atom. The Morgan fingerprint density at radius 3 is 2.86 bits per heavy atom. The van der Waals surface area contributed by atoms with Crippen LogP contribution in [0.2, 0.25) is 0 Å². The predicted octanol–water partition coefficient (Wildman–Crippen LogP) is 2.12. The Labute approximate surface area is 124 Å². The molecule has 1 fully saturated rings. The van der Waals surface area contributed by atoms with E-state index in [9.17, 15) is 9.18 Å². The van der Waals surface area contributed by atoms with Gasteiger partial charge in [-0.2, -0.15) is 0 Å². The molecule has 21 heavy (non-hydrogen) atoms. The summed E-state index contributed by atoms with van der Waals surface area (Å²) < 4.78 is 18.2. The van der Waals surface area contributed by atoms with Gasteiger partial charge in [-0.15, -0.1) is 6.42 Å². The fourth-order valence-electron chi connectivity index (χ4n) is 2.49. The number of ether oxygens (including phenoxy) is 1. The Kier molecular flexibility index (Phi) is 5.18. The fraction of sp³-hybridized carbons (Fsp3) is 0.438. The van der Waals surface area contributed by atoms with Gasteiger partial charge in [0.2, 0.25) is 5.91 Å². The molecule has 1 N–H and O–H groups in total. The third-order valence-corrected chi connectivity index (χ3v) is 3.69. The molecule has 1 saturated heterocycles.